The van der Waals surface area contributed by atoms with Crippen molar-refractivity contribution in [3.8, 4) is 0 Å². The summed E-state index contributed by atoms with van der Waals surface area (Å²) in [4.78, 5) is 0. The van der Waals surface area contributed by atoms with Gasteiger partial charge >= 0.3 is 10.4 Å². The summed E-state index contributed by atoms with van der Waals surface area (Å²) in [6.45, 7) is 9.06. The van der Waals surface area contributed by atoms with E-state index in [0.29, 0.717) is 25.7 Å². The Morgan fingerprint density at radius 1 is 1.08 bits per heavy atom. The van der Waals surface area contributed by atoms with Gasteiger partial charge in [-0.15, -0.1) is 0 Å². The number of hydrogen-bond acceptors (Lipinski definition) is 8. The molecule has 0 amide bonds. The maximum Gasteiger partial charge on any atom is 0.397 e. The second-order valence-electron chi connectivity index (χ2n) is 13.8. The molecule has 0 aromatic rings. The number of aliphatic hydroxyl groups excluding tert-OH is 3. The second-order valence-corrected chi connectivity index (χ2v) is 14.9. The number of fused-ring (bicyclic) bond motifs is 5. The van der Waals surface area contributed by atoms with Crippen LogP contribution in [0.15, 0.2) is 12.2 Å². The number of allylic oxidation sites excluding steroid dienone is 1. The molecule has 0 aliphatic heterocycles. The Labute approximate surface area is 227 Å². The monoisotopic (exact) mass is 560 g/mol. The minimum atomic E-state index is -4.65. The van der Waals surface area contributed by atoms with Gasteiger partial charge in [-0.3, -0.25) is 4.55 Å². The minimum Gasteiger partial charge on any atom is -0.393 e. The molecule has 4 saturated carbocycles. The Bertz CT molecular complexity index is 1010. The zero-order chi connectivity index (χ0) is 28.5. The van der Waals surface area contributed by atoms with Crippen LogP contribution in [-0.2, 0) is 14.6 Å². The summed E-state index contributed by atoms with van der Waals surface area (Å²) in [5, 5.41) is 55.3. The van der Waals surface area contributed by atoms with Crippen LogP contribution < -0.4 is 0 Å². The second kappa shape index (κ2) is 10.0. The van der Waals surface area contributed by atoms with Crippen molar-refractivity contribution in [1.29, 1.82) is 0 Å². The van der Waals surface area contributed by atoms with E-state index in [9.17, 15) is 34.0 Å². The molecule has 4 fully saturated rings. The van der Waals surface area contributed by atoms with Gasteiger partial charge in [0.05, 0.1) is 36.1 Å². The summed E-state index contributed by atoms with van der Waals surface area (Å²) < 4.78 is 35.1. The molecule has 38 heavy (non-hydrogen) atoms. The third-order valence-corrected chi connectivity index (χ3v) is 12.1. The van der Waals surface area contributed by atoms with Crippen LogP contribution in [-0.4, -0.2) is 74.6 Å². The van der Waals surface area contributed by atoms with Crippen molar-refractivity contribution in [2.45, 2.75) is 109 Å². The molecule has 10 heteroatoms. The Hall–Kier alpha value is -0.590. The topological polar surface area (TPSA) is 165 Å². The molecular formula is C28H48O9S. The number of hydrogen-bond donors (Lipinski definition) is 6. The largest absolute Gasteiger partial charge is 0.397 e. The van der Waals surface area contributed by atoms with Crippen molar-refractivity contribution >= 4 is 10.4 Å². The third kappa shape index (κ3) is 5.02. The van der Waals surface area contributed by atoms with Gasteiger partial charge in [0, 0.05) is 17.8 Å². The molecule has 0 aromatic heterocycles. The number of aliphatic hydroxyl groups is 5. The van der Waals surface area contributed by atoms with Crippen molar-refractivity contribution in [3.63, 3.8) is 0 Å². The first kappa shape index (κ1) is 30.4. The summed E-state index contributed by atoms with van der Waals surface area (Å²) in [5.41, 5.74) is -3.50. The van der Waals surface area contributed by atoms with Gasteiger partial charge in [-0.1, -0.05) is 39.8 Å². The first-order valence-electron chi connectivity index (χ1n) is 14.1. The standard InChI is InChI=1S/C28H48O9S/c1-16(6-7-17(2)27(5,32)15-37-38(34,35)36)21-13-22(30)24-19-12-23(31)28(33)14-18(29)8-11-26(28,4)20(19)9-10-25(21,24)3/h6-7,16-24,29-33H,8-15H2,1-5H3,(H,34,35,36). The molecule has 220 valence electrons. The van der Waals surface area contributed by atoms with Crippen LogP contribution in [0.4, 0.5) is 0 Å². The SMILES string of the molecule is CC(C=CC(C)C(C)(O)COS(=O)(=O)O)C1CC(O)C2C3CC(O)C4(O)CC(O)CCC4(C)C3CCC12C. The van der Waals surface area contributed by atoms with Crippen molar-refractivity contribution in [2.75, 3.05) is 6.61 Å². The molecular weight excluding hydrogens is 512 g/mol. The van der Waals surface area contributed by atoms with Crippen LogP contribution in [0.25, 0.3) is 0 Å². The highest BCUT2D eigenvalue weighted by Crippen LogP contribution is 2.69. The van der Waals surface area contributed by atoms with E-state index in [-0.39, 0.29) is 41.4 Å². The molecule has 0 heterocycles. The van der Waals surface area contributed by atoms with Crippen LogP contribution in [0, 0.1) is 46.3 Å². The molecule has 4 aliphatic carbocycles. The first-order valence-corrected chi connectivity index (χ1v) is 15.5. The van der Waals surface area contributed by atoms with Gasteiger partial charge in [0.2, 0.25) is 0 Å². The molecule has 6 N–H and O–H groups in total. The molecule has 0 bridgehead atoms. The first-order chi connectivity index (χ1) is 17.4. The van der Waals surface area contributed by atoms with Crippen LogP contribution in [0.1, 0.15) is 79.6 Å². The lowest BCUT2D eigenvalue weighted by atomic mass is 9.42. The minimum absolute atomic E-state index is 0.00586. The number of rotatable bonds is 7. The van der Waals surface area contributed by atoms with E-state index < -0.39 is 57.9 Å². The van der Waals surface area contributed by atoms with E-state index in [1.54, 1.807) is 6.92 Å². The molecule has 0 radical (unpaired) electrons. The van der Waals surface area contributed by atoms with Crippen molar-refractivity contribution in [2.24, 2.45) is 46.3 Å². The summed E-state index contributed by atoms with van der Waals surface area (Å²) in [6, 6.07) is 0. The van der Waals surface area contributed by atoms with E-state index >= 15 is 0 Å². The fourth-order valence-corrected chi connectivity index (χ4v) is 9.59. The Kier molecular flexibility index (Phi) is 8.03. The summed E-state index contributed by atoms with van der Waals surface area (Å²) in [5.74, 6) is 0.0304. The van der Waals surface area contributed by atoms with Crippen LogP contribution in [0.3, 0.4) is 0 Å². The molecule has 0 spiro atoms. The Morgan fingerprint density at radius 3 is 2.37 bits per heavy atom. The van der Waals surface area contributed by atoms with E-state index in [0.717, 1.165) is 12.8 Å². The van der Waals surface area contributed by atoms with Gasteiger partial charge in [0.15, 0.2) is 0 Å². The average Bonchev–Trinajstić information content (AvgIpc) is 3.08. The van der Waals surface area contributed by atoms with Gasteiger partial charge in [-0.2, -0.15) is 8.42 Å². The summed E-state index contributed by atoms with van der Waals surface area (Å²) in [7, 11) is -4.65. The van der Waals surface area contributed by atoms with Crippen molar-refractivity contribution in [3.05, 3.63) is 12.2 Å². The van der Waals surface area contributed by atoms with Gasteiger partial charge in [0.25, 0.3) is 0 Å². The average molecular weight is 561 g/mol. The maximum atomic E-state index is 11.7. The predicted octanol–water partition coefficient (Wildman–Crippen LogP) is 2.46. The maximum absolute atomic E-state index is 11.7. The zero-order valence-electron chi connectivity index (χ0n) is 23.3. The summed E-state index contributed by atoms with van der Waals surface area (Å²) in [6.07, 6.45) is 6.10. The highest BCUT2D eigenvalue weighted by Gasteiger charge is 2.68. The lowest BCUT2D eigenvalue weighted by molar-refractivity contribution is -0.268. The third-order valence-electron chi connectivity index (χ3n) is 11.7. The fraction of sp³-hybridized carbons (Fsp3) is 0.929. The molecule has 13 unspecified atom stereocenters. The molecule has 9 nitrogen and oxygen atoms in total. The highest BCUT2D eigenvalue weighted by molar-refractivity contribution is 7.80. The normalized spacial score (nSPS) is 48.6. The molecule has 13 atom stereocenters. The van der Waals surface area contributed by atoms with Crippen molar-refractivity contribution < 1.29 is 42.7 Å². The Balaban J connectivity index is 1.52. The van der Waals surface area contributed by atoms with Crippen LogP contribution in [0.5, 0.6) is 0 Å². The van der Waals surface area contributed by atoms with E-state index in [2.05, 4.69) is 25.0 Å². The predicted molar refractivity (Wildman–Crippen MR) is 141 cm³/mol. The van der Waals surface area contributed by atoms with Gasteiger partial charge in [-0.05, 0) is 80.5 Å². The quantitative estimate of drug-likeness (QED) is 0.203. The van der Waals surface area contributed by atoms with Crippen LogP contribution in [0.2, 0.25) is 0 Å². The highest BCUT2D eigenvalue weighted by atomic mass is 32.3. The van der Waals surface area contributed by atoms with Gasteiger partial charge in [-0.25, -0.2) is 4.18 Å². The smallest absolute Gasteiger partial charge is 0.393 e. The van der Waals surface area contributed by atoms with Crippen LogP contribution >= 0.6 is 0 Å². The lowest BCUT2D eigenvalue weighted by Gasteiger charge is -2.65. The van der Waals surface area contributed by atoms with Gasteiger partial charge < -0.3 is 25.5 Å². The lowest BCUT2D eigenvalue weighted by Crippen LogP contribution is -2.69. The molecule has 4 aliphatic rings. The van der Waals surface area contributed by atoms with E-state index in [1.807, 2.05) is 12.2 Å². The van der Waals surface area contributed by atoms with Crippen molar-refractivity contribution in [1.82, 2.24) is 0 Å². The molecule has 0 saturated heterocycles. The fourth-order valence-electron chi connectivity index (χ4n) is 9.20. The zero-order valence-corrected chi connectivity index (χ0v) is 24.1. The molecule has 4 rings (SSSR count). The van der Waals surface area contributed by atoms with E-state index in [1.165, 1.54) is 6.92 Å². The van der Waals surface area contributed by atoms with E-state index in [4.69, 9.17) is 4.55 Å². The molecule has 0 aromatic carbocycles. The summed E-state index contributed by atoms with van der Waals surface area (Å²) >= 11 is 0. The Morgan fingerprint density at radius 2 is 1.74 bits per heavy atom. The van der Waals surface area contributed by atoms with Gasteiger partial charge in [0.1, 0.15) is 0 Å².